The lowest BCUT2D eigenvalue weighted by Gasteiger charge is -2.23. The average molecular weight is 787 g/mol. The molecular weight excluding hydrogens is 749 g/mol. The van der Waals surface area contributed by atoms with E-state index >= 15 is 0 Å². The molecule has 7 nitrogen and oxygen atoms in total. The molecular formula is C54H38N6O. The zero-order chi connectivity index (χ0) is 40.5. The molecule has 2 aromatic heterocycles. The highest BCUT2D eigenvalue weighted by molar-refractivity contribution is 6.13. The first-order valence-electron chi connectivity index (χ1n) is 20.6. The fourth-order valence-electron chi connectivity index (χ4n) is 8.12. The zero-order valence-electron chi connectivity index (χ0n) is 33.1. The van der Waals surface area contributed by atoms with E-state index < -0.39 is 0 Å². The fourth-order valence-corrected chi connectivity index (χ4v) is 8.12. The number of hydrogen-bond acceptors (Lipinski definition) is 7. The van der Waals surface area contributed by atoms with Crippen molar-refractivity contribution in [3.63, 3.8) is 0 Å². The molecule has 0 fully saturated rings. The Morgan fingerprint density at radius 2 is 1.05 bits per heavy atom. The van der Waals surface area contributed by atoms with Crippen molar-refractivity contribution in [3.8, 4) is 45.0 Å². The molecule has 0 saturated heterocycles. The van der Waals surface area contributed by atoms with Gasteiger partial charge in [-0.05, 0) is 71.0 Å². The van der Waals surface area contributed by atoms with Gasteiger partial charge in [0.25, 0.3) is 0 Å². The van der Waals surface area contributed by atoms with Crippen LogP contribution in [0, 0.1) is 0 Å². The van der Waals surface area contributed by atoms with Gasteiger partial charge in [0.1, 0.15) is 23.2 Å². The van der Waals surface area contributed by atoms with Gasteiger partial charge < -0.3 is 9.73 Å². The van der Waals surface area contributed by atoms with E-state index in [-0.39, 0.29) is 6.17 Å². The molecule has 1 aliphatic carbocycles. The zero-order valence-corrected chi connectivity index (χ0v) is 33.1. The molecule has 1 N–H and O–H groups in total. The number of allylic oxidation sites excluding steroid dienone is 4. The monoisotopic (exact) mass is 786 g/mol. The summed E-state index contributed by atoms with van der Waals surface area (Å²) in [5, 5.41) is 5.78. The van der Waals surface area contributed by atoms with Gasteiger partial charge in [0.15, 0.2) is 23.3 Å². The van der Waals surface area contributed by atoms with Crippen molar-refractivity contribution in [1.82, 2.24) is 20.3 Å². The topological polar surface area (TPSA) is 88.6 Å². The molecule has 0 radical (unpaired) electrons. The number of aromatic nitrogens is 3. The van der Waals surface area contributed by atoms with Crippen LogP contribution < -0.4 is 5.32 Å². The van der Waals surface area contributed by atoms with Gasteiger partial charge in [-0.15, -0.1) is 0 Å². The number of furan rings is 1. The molecule has 7 aromatic carbocycles. The summed E-state index contributed by atoms with van der Waals surface area (Å²) in [4.78, 5) is 25.6. The van der Waals surface area contributed by atoms with Crippen LogP contribution in [0.1, 0.15) is 41.5 Å². The second-order valence-electron chi connectivity index (χ2n) is 15.3. The smallest absolute Gasteiger partial charge is 0.164 e. The van der Waals surface area contributed by atoms with Crippen LogP contribution in [0.25, 0.3) is 72.5 Å². The Kier molecular flexibility index (Phi) is 9.24. The van der Waals surface area contributed by atoms with Gasteiger partial charge in [0.05, 0.1) is 0 Å². The Hall–Kier alpha value is -8.03. The van der Waals surface area contributed by atoms with Crippen LogP contribution in [0.4, 0.5) is 0 Å². The summed E-state index contributed by atoms with van der Waals surface area (Å²) in [7, 11) is 0. The molecule has 11 rings (SSSR count). The first-order valence-corrected chi connectivity index (χ1v) is 20.6. The molecule has 1 atom stereocenters. The largest absolute Gasteiger partial charge is 0.456 e. The number of rotatable bonds is 8. The van der Waals surface area contributed by atoms with E-state index in [1.807, 2.05) is 42.5 Å². The normalized spacial score (nSPS) is 15.0. The summed E-state index contributed by atoms with van der Waals surface area (Å²) in [6.07, 6.45) is 7.82. The Labute approximate surface area is 353 Å². The third kappa shape index (κ3) is 7.23. The van der Waals surface area contributed by atoms with E-state index in [0.717, 1.165) is 96.3 Å². The lowest BCUT2D eigenvalue weighted by Crippen LogP contribution is -2.33. The maximum absolute atomic E-state index is 6.28. The van der Waals surface area contributed by atoms with Crippen LogP contribution in [0.15, 0.2) is 209 Å². The van der Waals surface area contributed by atoms with E-state index in [9.17, 15) is 0 Å². The number of amidine groups is 2. The summed E-state index contributed by atoms with van der Waals surface area (Å²) in [6.45, 7) is 0. The number of nitrogens with one attached hydrogen (secondary N) is 1. The van der Waals surface area contributed by atoms with Crippen LogP contribution in [0.2, 0.25) is 0 Å². The minimum absolute atomic E-state index is 0.386. The van der Waals surface area contributed by atoms with Crippen molar-refractivity contribution in [3.05, 3.63) is 217 Å². The molecule has 9 aromatic rings. The molecule has 7 heteroatoms. The van der Waals surface area contributed by atoms with Crippen molar-refractivity contribution < 1.29 is 4.42 Å². The molecule has 0 bridgehead atoms. The number of nitrogens with zero attached hydrogens (tertiary/aromatic N) is 5. The van der Waals surface area contributed by atoms with Gasteiger partial charge in [-0.2, -0.15) is 0 Å². The van der Waals surface area contributed by atoms with E-state index in [0.29, 0.717) is 23.3 Å². The fraction of sp³-hybridized carbons (Fsp3) is 0.0556. The lowest BCUT2D eigenvalue weighted by molar-refractivity contribution is 0.655. The minimum Gasteiger partial charge on any atom is -0.456 e. The number of benzene rings is 7. The second-order valence-corrected chi connectivity index (χ2v) is 15.3. The molecule has 290 valence electrons. The van der Waals surface area contributed by atoms with Crippen molar-refractivity contribution in [2.45, 2.75) is 19.0 Å². The third-order valence-corrected chi connectivity index (χ3v) is 11.2. The summed E-state index contributed by atoms with van der Waals surface area (Å²) in [6, 6.07) is 60.3. The first kappa shape index (κ1) is 36.1. The highest BCUT2D eigenvalue weighted by Crippen LogP contribution is 2.34. The molecule has 2 aliphatic rings. The Bertz CT molecular complexity index is 3230. The molecule has 0 amide bonds. The van der Waals surface area contributed by atoms with Crippen LogP contribution in [-0.4, -0.2) is 26.6 Å². The van der Waals surface area contributed by atoms with Crippen LogP contribution in [0.3, 0.4) is 0 Å². The molecule has 1 aliphatic heterocycles. The van der Waals surface area contributed by atoms with Gasteiger partial charge in [0.2, 0.25) is 0 Å². The first-order chi connectivity index (χ1) is 30.2. The van der Waals surface area contributed by atoms with Crippen molar-refractivity contribution in [1.29, 1.82) is 0 Å². The molecule has 3 heterocycles. The van der Waals surface area contributed by atoms with Crippen molar-refractivity contribution in [2.75, 3.05) is 0 Å². The number of aliphatic imine (C=N–C) groups is 2. The molecule has 0 saturated carbocycles. The van der Waals surface area contributed by atoms with Crippen molar-refractivity contribution >= 4 is 39.2 Å². The van der Waals surface area contributed by atoms with Crippen molar-refractivity contribution in [2.24, 2.45) is 9.98 Å². The van der Waals surface area contributed by atoms with E-state index in [4.69, 9.17) is 29.4 Å². The number of para-hydroxylation sites is 1. The number of hydrogen-bond donors (Lipinski definition) is 1. The van der Waals surface area contributed by atoms with Crippen LogP contribution in [-0.2, 0) is 0 Å². The third-order valence-electron chi connectivity index (χ3n) is 11.2. The highest BCUT2D eigenvalue weighted by Gasteiger charge is 2.23. The SMILES string of the molecule is C1=CCCC(c2nc(-c3cccc(-c4ccccc4)c3)nc(-c3cccc(-c4cccc(C5=NC(c6ccc7c(c6)oc6ccccc67)NC(c6ccccc6)=N5)c4)c3)n2)=C1. The van der Waals surface area contributed by atoms with Gasteiger partial charge in [0, 0.05) is 38.6 Å². The Morgan fingerprint density at radius 1 is 0.475 bits per heavy atom. The Morgan fingerprint density at radius 3 is 1.75 bits per heavy atom. The predicted octanol–water partition coefficient (Wildman–Crippen LogP) is 12.7. The molecule has 61 heavy (non-hydrogen) atoms. The summed E-state index contributed by atoms with van der Waals surface area (Å²) in [5.41, 5.74) is 11.8. The maximum Gasteiger partial charge on any atom is 0.164 e. The van der Waals surface area contributed by atoms with Gasteiger partial charge >= 0.3 is 0 Å². The van der Waals surface area contributed by atoms with E-state index in [1.54, 1.807) is 0 Å². The quantitative estimate of drug-likeness (QED) is 0.166. The van der Waals surface area contributed by atoms with Gasteiger partial charge in [-0.1, -0.05) is 164 Å². The second kappa shape index (κ2) is 15.6. The Balaban J connectivity index is 0.968. The summed E-state index contributed by atoms with van der Waals surface area (Å²) < 4.78 is 6.28. The number of fused-ring (bicyclic) bond motifs is 3. The minimum atomic E-state index is -0.386. The summed E-state index contributed by atoms with van der Waals surface area (Å²) in [5.74, 6) is 3.37. The van der Waals surface area contributed by atoms with E-state index in [2.05, 4.69) is 157 Å². The predicted molar refractivity (Wildman–Crippen MR) is 247 cm³/mol. The van der Waals surface area contributed by atoms with Gasteiger partial charge in [-0.3, -0.25) is 0 Å². The lowest BCUT2D eigenvalue weighted by atomic mass is 9.99. The van der Waals surface area contributed by atoms with Crippen LogP contribution in [0.5, 0.6) is 0 Å². The molecule has 1 unspecified atom stereocenters. The highest BCUT2D eigenvalue weighted by atomic mass is 16.3. The molecule has 0 spiro atoms. The standard InChI is InChI=1S/C54H38N6O/c1-4-15-35(16-5-1)38-21-12-24-41(31-38)51-55-49(36-17-6-2-7-18-36)56-52(59-51)42-25-13-22-39(32-42)40-23-14-26-43(33-40)53-57-50(37-19-8-3-9-20-37)58-54(60-53)44-29-30-46-45-27-10-11-28-47(45)61-48(46)34-44/h1-6,8-17,19-34,54H,7,18H2,(H,57,58,60). The average Bonchev–Trinajstić information content (AvgIpc) is 3.73. The maximum atomic E-state index is 6.28. The van der Waals surface area contributed by atoms with E-state index in [1.165, 1.54) is 0 Å². The van der Waals surface area contributed by atoms with Gasteiger partial charge in [-0.25, -0.2) is 24.9 Å². The van der Waals surface area contributed by atoms with Crippen LogP contribution >= 0.6 is 0 Å². The summed E-state index contributed by atoms with van der Waals surface area (Å²) >= 11 is 0.